The molecule has 3 nitrogen and oxygen atoms in total. The predicted octanol–water partition coefficient (Wildman–Crippen LogP) is 2.52. The van der Waals surface area contributed by atoms with E-state index in [4.69, 9.17) is 0 Å². The summed E-state index contributed by atoms with van der Waals surface area (Å²) in [4.78, 5) is 11.2. The molecule has 0 radical (unpaired) electrons. The summed E-state index contributed by atoms with van der Waals surface area (Å²) in [6.07, 6.45) is 1.58. The second-order valence-corrected chi connectivity index (χ2v) is 4.41. The summed E-state index contributed by atoms with van der Waals surface area (Å²) in [5, 5.41) is 10.4. The van der Waals surface area contributed by atoms with Gasteiger partial charge >= 0.3 is 5.97 Å². The quantitative estimate of drug-likeness (QED) is 0.794. The van der Waals surface area contributed by atoms with Crippen LogP contribution in [0.25, 0.3) is 10.9 Å². The highest BCUT2D eigenvalue weighted by Crippen LogP contribution is 2.34. The predicted molar refractivity (Wildman–Crippen MR) is 61.7 cm³/mol. The van der Waals surface area contributed by atoms with Gasteiger partial charge in [-0.3, -0.25) is 0 Å². The zero-order valence-electron chi connectivity index (χ0n) is 9.10. The second-order valence-electron chi connectivity index (χ2n) is 4.41. The molecule has 16 heavy (non-hydrogen) atoms. The Labute approximate surface area is 93.3 Å². The Morgan fingerprint density at radius 2 is 2.31 bits per heavy atom. The summed E-state index contributed by atoms with van der Waals surface area (Å²) < 4.78 is 1.99. The third kappa shape index (κ3) is 1.11. The topological polar surface area (TPSA) is 42.2 Å². The molecule has 0 saturated heterocycles. The molecular formula is C13H13NO2. The van der Waals surface area contributed by atoms with Crippen LogP contribution in [0.2, 0.25) is 0 Å². The highest BCUT2D eigenvalue weighted by atomic mass is 16.4. The van der Waals surface area contributed by atoms with Gasteiger partial charge in [0.25, 0.3) is 0 Å². The van der Waals surface area contributed by atoms with Crippen LogP contribution in [0.5, 0.6) is 0 Å². The smallest absolute Gasteiger partial charge is 0.326 e. The number of carboxylic acids is 1. The molecule has 3 heteroatoms. The largest absolute Gasteiger partial charge is 0.480 e. The minimum atomic E-state index is -0.723. The van der Waals surface area contributed by atoms with Crippen LogP contribution in [0.4, 0.5) is 0 Å². The molecular weight excluding hydrogens is 202 g/mol. The van der Waals surface area contributed by atoms with Crippen LogP contribution >= 0.6 is 0 Å². The van der Waals surface area contributed by atoms with Crippen molar-refractivity contribution in [3.8, 4) is 0 Å². The van der Waals surface area contributed by atoms with Crippen LogP contribution in [-0.4, -0.2) is 15.6 Å². The lowest BCUT2D eigenvalue weighted by Gasteiger charge is -2.11. The molecule has 0 bridgehead atoms. The molecule has 0 fully saturated rings. The van der Waals surface area contributed by atoms with E-state index in [-0.39, 0.29) is 6.04 Å². The summed E-state index contributed by atoms with van der Waals surface area (Å²) in [7, 11) is 0. The maximum atomic E-state index is 11.2. The van der Waals surface area contributed by atoms with E-state index in [2.05, 4.69) is 6.07 Å². The van der Waals surface area contributed by atoms with Crippen LogP contribution < -0.4 is 0 Å². The number of hydrogen-bond acceptors (Lipinski definition) is 1. The number of aryl methyl sites for hydroxylation is 2. The monoisotopic (exact) mass is 215 g/mol. The number of para-hydroxylation sites is 1. The van der Waals surface area contributed by atoms with Crippen LogP contribution in [0, 0.1) is 6.92 Å². The van der Waals surface area contributed by atoms with Crippen molar-refractivity contribution >= 4 is 16.9 Å². The molecule has 0 amide bonds. The lowest BCUT2D eigenvalue weighted by atomic mass is 10.1. The van der Waals surface area contributed by atoms with E-state index in [1.165, 1.54) is 0 Å². The fraction of sp³-hybridized carbons (Fsp3) is 0.308. The van der Waals surface area contributed by atoms with Gasteiger partial charge in [0.15, 0.2) is 0 Å². The maximum Gasteiger partial charge on any atom is 0.326 e. The zero-order chi connectivity index (χ0) is 11.3. The Balaban J connectivity index is 2.34. The van der Waals surface area contributed by atoms with E-state index < -0.39 is 5.97 Å². The Morgan fingerprint density at radius 1 is 1.50 bits per heavy atom. The Morgan fingerprint density at radius 3 is 3.06 bits per heavy atom. The number of benzene rings is 1. The number of carbonyl (C=O) groups is 1. The van der Waals surface area contributed by atoms with Crippen LogP contribution in [0.15, 0.2) is 24.3 Å². The lowest BCUT2D eigenvalue weighted by Crippen LogP contribution is -2.15. The number of rotatable bonds is 1. The molecule has 1 aliphatic heterocycles. The van der Waals surface area contributed by atoms with Crippen molar-refractivity contribution in [2.45, 2.75) is 25.8 Å². The summed E-state index contributed by atoms with van der Waals surface area (Å²) >= 11 is 0. The molecule has 2 aromatic rings. The summed E-state index contributed by atoms with van der Waals surface area (Å²) in [6.45, 7) is 2.03. The Bertz CT molecular complexity index is 583. The molecule has 1 atom stereocenters. The number of nitrogens with zero attached hydrogens (tertiary/aromatic N) is 1. The van der Waals surface area contributed by atoms with Gasteiger partial charge in [0, 0.05) is 11.1 Å². The van der Waals surface area contributed by atoms with E-state index >= 15 is 0 Å². The van der Waals surface area contributed by atoms with Crippen molar-refractivity contribution in [2.24, 2.45) is 0 Å². The molecule has 2 heterocycles. The summed E-state index contributed by atoms with van der Waals surface area (Å²) in [5.74, 6) is -0.723. The molecule has 1 aromatic carbocycles. The van der Waals surface area contributed by atoms with Crippen LogP contribution in [-0.2, 0) is 11.2 Å². The van der Waals surface area contributed by atoms with Gasteiger partial charge in [-0.2, -0.15) is 0 Å². The first-order valence-electron chi connectivity index (χ1n) is 5.50. The minimum Gasteiger partial charge on any atom is -0.480 e. The minimum absolute atomic E-state index is 0.381. The van der Waals surface area contributed by atoms with Crippen molar-refractivity contribution < 1.29 is 9.90 Å². The third-order valence-electron chi connectivity index (χ3n) is 3.41. The van der Waals surface area contributed by atoms with E-state index in [1.54, 1.807) is 0 Å². The average Bonchev–Trinajstić information content (AvgIpc) is 2.74. The molecule has 1 N–H and O–H groups in total. The van der Waals surface area contributed by atoms with Gasteiger partial charge in [0.1, 0.15) is 6.04 Å². The first kappa shape index (κ1) is 9.46. The van der Waals surface area contributed by atoms with Crippen LogP contribution in [0.3, 0.4) is 0 Å². The van der Waals surface area contributed by atoms with Crippen molar-refractivity contribution in [3.63, 3.8) is 0 Å². The van der Waals surface area contributed by atoms with Crippen molar-refractivity contribution in [3.05, 3.63) is 35.5 Å². The SMILES string of the molecule is Cc1cccc2cc3n(c12)C(C(=O)O)CC3. The fourth-order valence-corrected chi connectivity index (χ4v) is 2.72. The first-order valence-corrected chi connectivity index (χ1v) is 5.50. The molecule has 1 aliphatic rings. The average molecular weight is 215 g/mol. The normalized spacial score (nSPS) is 18.9. The number of aliphatic carboxylic acids is 1. The second kappa shape index (κ2) is 3.11. The number of hydrogen-bond donors (Lipinski definition) is 1. The number of fused-ring (bicyclic) bond motifs is 3. The Hall–Kier alpha value is -1.77. The Kier molecular flexibility index (Phi) is 1.84. The molecule has 0 aliphatic carbocycles. The summed E-state index contributed by atoms with van der Waals surface area (Å²) in [5.41, 5.74) is 3.39. The third-order valence-corrected chi connectivity index (χ3v) is 3.41. The number of carboxylic acid groups (broad SMARTS) is 1. The standard InChI is InChI=1S/C13H13NO2/c1-8-3-2-4-9-7-10-5-6-11(13(15)16)14(10)12(8)9/h2-4,7,11H,5-6H2,1H3,(H,15,16). The molecule has 0 spiro atoms. The van der Waals surface area contributed by atoms with Gasteiger partial charge in [-0.15, -0.1) is 0 Å². The molecule has 82 valence electrons. The van der Waals surface area contributed by atoms with Gasteiger partial charge in [0.05, 0.1) is 5.52 Å². The highest BCUT2D eigenvalue weighted by Gasteiger charge is 2.29. The van der Waals surface area contributed by atoms with E-state index in [0.29, 0.717) is 0 Å². The summed E-state index contributed by atoms with van der Waals surface area (Å²) in [6, 6.07) is 7.84. The zero-order valence-corrected chi connectivity index (χ0v) is 9.10. The van der Waals surface area contributed by atoms with Gasteiger partial charge in [0.2, 0.25) is 0 Å². The van der Waals surface area contributed by atoms with E-state index in [1.807, 2.05) is 29.7 Å². The molecule has 1 unspecified atom stereocenters. The van der Waals surface area contributed by atoms with Crippen molar-refractivity contribution in [1.29, 1.82) is 0 Å². The highest BCUT2D eigenvalue weighted by molar-refractivity contribution is 5.87. The van der Waals surface area contributed by atoms with Crippen molar-refractivity contribution in [2.75, 3.05) is 0 Å². The molecule has 3 rings (SSSR count). The van der Waals surface area contributed by atoms with Gasteiger partial charge in [-0.1, -0.05) is 18.2 Å². The van der Waals surface area contributed by atoms with E-state index in [0.717, 1.165) is 35.0 Å². The van der Waals surface area contributed by atoms with E-state index in [9.17, 15) is 9.90 Å². The van der Waals surface area contributed by atoms with Crippen molar-refractivity contribution in [1.82, 2.24) is 4.57 Å². The molecule has 0 saturated carbocycles. The van der Waals surface area contributed by atoms with Gasteiger partial charge in [-0.05, 0) is 31.4 Å². The first-order chi connectivity index (χ1) is 7.68. The van der Waals surface area contributed by atoms with Gasteiger partial charge < -0.3 is 9.67 Å². The fourth-order valence-electron chi connectivity index (χ4n) is 2.72. The lowest BCUT2D eigenvalue weighted by molar-refractivity contribution is -0.140. The molecule has 1 aromatic heterocycles. The van der Waals surface area contributed by atoms with Gasteiger partial charge in [-0.25, -0.2) is 4.79 Å². The maximum absolute atomic E-state index is 11.2. The van der Waals surface area contributed by atoms with Crippen LogP contribution in [0.1, 0.15) is 23.7 Å². The number of aromatic nitrogens is 1.